The summed E-state index contributed by atoms with van der Waals surface area (Å²) >= 11 is 4.14. The number of hydrogen-bond donors (Lipinski definition) is 0. The Hall–Kier alpha value is -2.65. The average Bonchev–Trinajstić information content (AvgIpc) is 2.96. The molecule has 1 aliphatic rings. The van der Waals surface area contributed by atoms with Gasteiger partial charge in [0, 0.05) is 5.56 Å². The van der Waals surface area contributed by atoms with Gasteiger partial charge in [-0.1, -0.05) is 24.3 Å². The number of nitrogens with zero attached hydrogens (tertiary/aromatic N) is 1. The van der Waals surface area contributed by atoms with Crippen LogP contribution in [0.4, 0.5) is 9.18 Å². The topological polar surface area (TPSA) is 72.9 Å². The molecule has 0 atom stereocenters. The van der Waals surface area contributed by atoms with E-state index >= 15 is 0 Å². The van der Waals surface area contributed by atoms with Crippen LogP contribution in [0.2, 0.25) is 0 Å². The molecule has 0 radical (unpaired) electrons. The quantitative estimate of drug-likeness (QED) is 0.452. The Balaban J connectivity index is 1.74. The fourth-order valence-corrected chi connectivity index (χ4v) is 3.85. The van der Waals surface area contributed by atoms with Gasteiger partial charge in [0.05, 0.1) is 23.0 Å². The van der Waals surface area contributed by atoms with Crippen LogP contribution < -0.4 is 4.74 Å². The average molecular weight is 480 g/mol. The van der Waals surface area contributed by atoms with Crippen LogP contribution in [0.15, 0.2) is 51.8 Å². The molecular weight excluding hydrogens is 465 g/mol. The monoisotopic (exact) mass is 479 g/mol. The van der Waals surface area contributed by atoms with Gasteiger partial charge in [-0.3, -0.25) is 14.5 Å². The number of thioether (sulfide) groups is 1. The molecule has 1 heterocycles. The van der Waals surface area contributed by atoms with E-state index in [0.29, 0.717) is 15.8 Å². The van der Waals surface area contributed by atoms with Gasteiger partial charge in [0.2, 0.25) is 0 Å². The van der Waals surface area contributed by atoms with E-state index in [2.05, 4.69) is 20.7 Å². The Labute approximate surface area is 178 Å². The number of esters is 1. The van der Waals surface area contributed by atoms with E-state index in [1.54, 1.807) is 36.4 Å². The molecule has 29 heavy (non-hydrogen) atoms. The summed E-state index contributed by atoms with van der Waals surface area (Å²) in [6, 6.07) is 11.0. The zero-order valence-electron chi connectivity index (χ0n) is 15.2. The molecule has 0 bridgehead atoms. The van der Waals surface area contributed by atoms with Crippen molar-refractivity contribution in [3.8, 4) is 5.75 Å². The highest BCUT2D eigenvalue weighted by molar-refractivity contribution is 9.10. The number of carbonyl (C=O) groups is 3. The lowest BCUT2D eigenvalue weighted by molar-refractivity contribution is -0.142. The normalized spacial score (nSPS) is 15.1. The van der Waals surface area contributed by atoms with Crippen LogP contribution in [0.5, 0.6) is 5.75 Å². The second kappa shape index (κ2) is 9.23. The molecule has 1 aliphatic heterocycles. The number of halogens is 2. The van der Waals surface area contributed by atoms with Crippen molar-refractivity contribution in [2.45, 2.75) is 6.54 Å². The van der Waals surface area contributed by atoms with Crippen molar-refractivity contribution in [2.24, 2.45) is 0 Å². The summed E-state index contributed by atoms with van der Waals surface area (Å²) in [5, 5.41) is -0.457. The molecule has 150 valence electrons. The highest BCUT2D eigenvalue weighted by Gasteiger charge is 2.35. The number of rotatable bonds is 6. The minimum Gasteiger partial charge on any atom is -0.481 e. The second-order valence-electron chi connectivity index (χ2n) is 5.91. The first kappa shape index (κ1) is 21.1. The van der Waals surface area contributed by atoms with Crippen LogP contribution in [0.1, 0.15) is 11.1 Å². The summed E-state index contributed by atoms with van der Waals surface area (Å²) in [7, 11) is 1.27. The summed E-state index contributed by atoms with van der Waals surface area (Å²) in [4.78, 5) is 37.3. The predicted molar refractivity (Wildman–Crippen MR) is 110 cm³/mol. The van der Waals surface area contributed by atoms with Crippen LogP contribution in [0, 0.1) is 5.82 Å². The van der Waals surface area contributed by atoms with Crippen molar-refractivity contribution in [3.05, 3.63) is 68.8 Å². The lowest BCUT2D eigenvalue weighted by Gasteiger charge is -2.12. The zero-order chi connectivity index (χ0) is 21.0. The Morgan fingerprint density at radius 2 is 2.00 bits per heavy atom. The molecule has 0 N–H and O–H groups in total. The van der Waals surface area contributed by atoms with Crippen LogP contribution in [0.3, 0.4) is 0 Å². The standard InChI is InChI=1S/C20H15BrFNO5S/c1-27-18(24)11-28-16-7-6-12(8-14(16)21)9-17-19(25)23(20(26)29-17)10-13-4-2-3-5-15(13)22/h2-9H,10-11H2,1H3/b17-9+. The van der Waals surface area contributed by atoms with Gasteiger partial charge >= 0.3 is 5.97 Å². The molecule has 2 aromatic carbocycles. The number of amides is 2. The first-order chi connectivity index (χ1) is 13.9. The van der Waals surface area contributed by atoms with Crippen molar-refractivity contribution in [2.75, 3.05) is 13.7 Å². The Morgan fingerprint density at radius 3 is 2.69 bits per heavy atom. The predicted octanol–water partition coefficient (Wildman–Crippen LogP) is 4.38. The van der Waals surface area contributed by atoms with Crippen LogP contribution in [0.25, 0.3) is 6.08 Å². The molecular formula is C20H15BrFNO5S. The van der Waals surface area contributed by atoms with Crippen molar-refractivity contribution < 1.29 is 28.2 Å². The van der Waals surface area contributed by atoms with Crippen molar-refractivity contribution >= 4 is 50.9 Å². The molecule has 9 heteroatoms. The van der Waals surface area contributed by atoms with E-state index in [1.165, 1.54) is 19.2 Å². The van der Waals surface area contributed by atoms with E-state index in [-0.39, 0.29) is 23.6 Å². The third-order valence-corrected chi connectivity index (χ3v) is 5.51. The maximum atomic E-state index is 13.8. The van der Waals surface area contributed by atoms with Gasteiger partial charge < -0.3 is 9.47 Å². The van der Waals surface area contributed by atoms with E-state index in [9.17, 15) is 18.8 Å². The maximum Gasteiger partial charge on any atom is 0.343 e. The summed E-state index contributed by atoms with van der Waals surface area (Å²) in [6.45, 7) is -0.359. The molecule has 0 aromatic heterocycles. The minimum absolute atomic E-state index is 0.126. The van der Waals surface area contributed by atoms with E-state index < -0.39 is 22.9 Å². The molecule has 6 nitrogen and oxygen atoms in total. The third kappa shape index (κ3) is 5.04. The number of imide groups is 1. The fourth-order valence-electron chi connectivity index (χ4n) is 2.50. The van der Waals surface area contributed by atoms with Gasteiger partial charge in [-0.2, -0.15) is 0 Å². The molecule has 3 rings (SSSR count). The molecule has 0 unspecified atom stereocenters. The van der Waals surface area contributed by atoms with Crippen LogP contribution in [-0.2, 0) is 20.9 Å². The molecule has 1 saturated heterocycles. The number of methoxy groups -OCH3 is 1. The molecule has 0 aliphatic carbocycles. The summed E-state index contributed by atoms with van der Waals surface area (Å²) in [5.74, 6) is -1.03. The van der Waals surface area contributed by atoms with Gasteiger partial charge in [-0.25, -0.2) is 9.18 Å². The minimum atomic E-state index is -0.510. The van der Waals surface area contributed by atoms with Gasteiger partial charge in [0.1, 0.15) is 11.6 Å². The number of hydrogen-bond acceptors (Lipinski definition) is 6. The van der Waals surface area contributed by atoms with Gasteiger partial charge in [-0.05, 0) is 57.5 Å². The first-order valence-corrected chi connectivity index (χ1v) is 9.98. The van der Waals surface area contributed by atoms with Gasteiger partial charge in [0.15, 0.2) is 6.61 Å². The van der Waals surface area contributed by atoms with Gasteiger partial charge in [-0.15, -0.1) is 0 Å². The van der Waals surface area contributed by atoms with E-state index in [0.717, 1.165) is 16.7 Å². The van der Waals surface area contributed by atoms with E-state index in [4.69, 9.17) is 4.74 Å². The molecule has 0 saturated carbocycles. The zero-order valence-corrected chi connectivity index (χ0v) is 17.6. The molecule has 2 amide bonds. The Bertz CT molecular complexity index is 1010. The fraction of sp³-hybridized carbons (Fsp3) is 0.150. The molecule has 2 aromatic rings. The maximum absolute atomic E-state index is 13.8. The Morgan fingerprint density at radius 1 is 1.24 bits per heavy atom. The molecule has 1 fully saturated rings. The lowest BCUT2D eigenvalue weighted by Crippen LogP contribution is -2.27. The number of benzene rings is 2. The second-order valence-corrected chi connectivity index (χ2v) is 7.76. The van der Waals surface area contributed by atoms with Gasteiger partial charge in [0.25, 0.3) is 11.1 Å². The van der Waals surface area contributed by atoms with Crippen molar-refractivity contribution in [1.82, 2.24) is 4.90 Å². The summed E-state index contributed by atoms with van der Waals surface area (Å²) in [5.41, 5.74) is 0.921. The van der Waals surface area contributed by atoms with Crippen molar-refractivity contribution in [3.63, 3.8) is 0 Å². The van der Waals surface area contributed by atoms with Crippen LogP contribution >= 0.6 is 27.7 Å². The molecule has 0 spiro atoms. The number of carbonyl (C=O) groups excluding carboxylic acids is 3. The first-order valence-electron chi connectivity index (χ1n) is 8.37. The third-order valence-electron chi connectivity index (χ3n) is 3.99. The van der Waals surface area contributed by atoms with E-state index in [1.807, 2.05) is 0 Å². The highest BCUT2D eigenvalue weighted by atomic mass is 79.9. The van der Waals surface area contributed by atoms with Crippen LogP contribution in [-0.4, -0.2) is 35.7 Å². The Kier molecular flexibility index (Phi) is 6.71. The smallest absolute Gasteiger partial charge is 0.343 e. The summed E-state index contributed by atoms with van der Waals surface area (Å²) in [6.07, 6.45) is 1.57. The highest BCUT2D eigenvalue weighted by Crippen LogP contribution is 2.35. The van der Waals surface area contributed by atoms with Crippen molar-refractivity contribution in [1.29, 1.82) is 0 Å². The summed E-state index contributed by atoms with van der Waals surface area (Å²) < 4.78 is 24.3. The largest absolute Gasteiger partial charge is 0.481 e. The lowest BCUT2D eigenvalue weighted by atomic mass is 10.2. The number of ether oxygens (including phenoxy) is 2. The SMILES string of the molecule is COC(=O)COc1ccc(/C=C2/SC(=O)N(Cc3ccccc3F)C2=O)cc1Br.